The van der Waals surface area contributed by atoms with Gasteiger partial charge in [0.15, 0.2) is 0 Å². The molecule has 1 aliphatic heterocycles. The van der Waals surface area contributed by atoms with E-state index in [1.165, 1.54) is 23.6 Å². The Balaban J connectivity index is 1.65. The quantitative estimate of drug-likeness (QED) is 0.843. The van der Waals surface area contributed by atoms with E-state index in [4.69, 9.17) is 16.3 Å². The molecule has 6 heteroatoms. The number of piperidine rings is 1. The highest BCUT2D eigenvalue weighted by molar-refractivity contribution is 6.32. The lowest BCUT2D eigenvalue weighted by molar-refractivity contribution is 0.0315. The van der Waals surface area contributed by atoms with Crippen molar-refractivity contribution < 1.29 is 14.3 Å². The Bertz CT molecular complexity index is 788. The average molecular weight is 349 g/mol. The summed E-state index contributed by atoms with van der Waals surface area (Å²) in [7, 11) is 3.48. The predicted octanol–water partition coefficient (Wildman–Crippen LogP) is 3.56. The van der Waals surface area contributed by atoms with Crippen LogP contribution in [-0.4, -0.2) is 49.4 Å². The summed E-state index contributed by atoms with van der Waals surface area (Å²) in [5.41, 5.74) is 3.71. The number of nitrogens with one attached hydrogen (secondary N) is 1. The molecule has 0 spiro atoms. The number of carbonyl (C=O) groups is 1. The van der Waals surface area contributed by atoms with E-state index in [0.29, 0.717) is 24.5 Å². The molecule has 3 atom stereocenters. The number of nitrogens with zero attached hydrogens (tertiary/aromatic N) is 1. The number of likely N-dealkylation sites (tertiary alicyclic amines) is 1. The number of methoxy groups -OCH3 is 1. The van der Waals surface area contributed by atoms with Gasteiger partial charge in [0.2, 0.25) is 0 Å². The number of aromatic nitrogens is 1. The molecule has 1 aromatic heterocycles. The molecule has 5 nitrogen and oxygen atoms in total. The van der Waals surface area contributed by atoms with Crippen molar-refractivity contribution in [3.8, 4) is 0 Å². The van der Waals surface area contributed by atoms with E-state index in [0.717, 1.165) is 30.1 Å². The standard InChI is InChI=1S/C18H21ClN2O3/c1-21-8-10(9-24-18(22)23-2)6-12-11-4-3-5-14-16(11)13(7-15(12)21)17(19)20-14/h3-5,10,12,15,20H,6-9H2,1-2H3/t10?,12?,15-/m1/s1. The van der Waals surface area contributed by atoms with E-state index in [2.05, 4.69) is 39.9 Å². The molecule has 1 aromatic carbocycles. The summed E-state index contributed by atoms with van der Waals surface area (Å²) in [4.78, 5) is 16.9. The van der Waals surface area contributed by atoms with Gasteiger partial charge in [0.25, 0.3) is 0 Å². The van der Waals surface area contributed by atoms with Crippen LogP contribution in [0.3, 0.4) is 0 Å². The maximum absolute atomic E-state index is 11.3. The molecule has 2 aliphatic rings. The third-order valence-electron chi connectivity index (χ3n) is 5.49. The Morgan fingerprint density at radius 2 is 2.29 bits per heavy atom. The summed E-state index contributed by atoms with van der Waals surface area (Å²) >= 11 is 6.44. The number of H-pyrrole nitrogens is 1. The summed E-state index contributed by atoms with van der Waals surface area (Å²) in [6, 6.07) is 6.82. The van der Waals surface area contributed by atoms with Crippen molar-refractivity contribution in [2.45, 2.75) is 24.8 Å². The molecule has 1 aliphatic carbocycles. The van der Waals surface area contributed by atoms with Crippen molar-refractivity contribution in [3.05, 3.63) is 34.5 Å². The molecule has 24 heavy (non-hydrogen) atoms. The lowest BCUT2D eigenvalue weighted by Gasteiger charge is -2.45. The van der Waals surface area contributed by atoms with E-state index >= 15 is 0 Å². The van der Waals surface area contributed by atoms with Crippen LogP contribution in [0, 0.1) is 5.92 Å². The fourth-order valence-corrected chi connectivity index (χ4v) is 4.74. The van der Waals surface area contributed by atoms with Crippen LogP contribution in [0.4, 0.5) is 4.79 Å². The smallest absolute Gasteiger partial charge is 0.438 e. The van der Waals surface area contributed by atoms with Gasteiger partial charge in [-0.3, -0.25) is 0 Å². The molecule has 0 amide bonds. The van der Waals surface area contributed by atoms with Gasteiger partial charge < -0.3 is 19.4 Å². The first-order valence-corrected chi connectivity index (χ1v) is 8.66. The lowest BCUT2D eigenvalue weighted by Crippen LogP contribution is -2.48. The highest BCUT2D eigenvalue weighted by Gasteiger charge is 2.40. The molecule has 0 radical (unpaired) electrons. The first-order valence-electron chi connectivity index (χ1n) is 8.28. The molecule has 128 valence electrons. The van der Waals surface area contributed by atoms with Gasteiger partial charge in [0.05, 0.1) is 13.7 Å². The van der Waals surface area contributed by atoms with Crippen LogP contribution in [0.25, 0.3) is 10.9 Å². The summed E-state index contributed by atoms with van der Waals surface area (Å²) in [6.07, 6.45) is 1.36. The Hall–Kier alpha value is -1.72. The lowest BCUT2D eigenvalue weighted by atomic mass is 9.72. The number of ether oxygens (including phenoxy) is 2. The minimum Gasteiger partial charge on any atom is -0.438 e. The predicted molar refractivity (Wildman–Crippen MR) is 92.6 cm³/mol. The van der Waals surface area contributed by atoms with Gasteiger partial charge in [-0.15, -0.1) is 0 Å². The number of aromatic amines is 1. The first kappa shape index (κ1) is 15.8. The highest BCUT2D eigenvalue weighted by atomic mass is 35.5. The zero-order chi connectivity index (χ0) is 16.8. The van der Waals surface area contributed by atoms with Gasteiger partial charge in [0, 0.05) is 35.3 Å². The van der Waals surface area contributed by atoms with Gasteiger partial charge in [-0.2, -0.15) is 0 Å². The van der Waals surface area contributed by atoms with Crippen molar-refractivity contribution in [2.75, 3.05) is 27.3 Å². The Morgan fingerprint density at radius 3 is 3.08 bits per heavy atom. The Kier molecular flexibility index (Phi) is 3.93. The molecular weight excluding hydrogens is 328 g/mol. The SMILES string of the molecule is COC(=O)OCC1CC2c3cccc4[nH]c(Cl)c(c34)C[C@H]2N(C)C1. The van der Waals surface area contributed by atoms with Crippen LogP contribution in [0.2, 0.25) is 5.15 Å². The fraction of sp³-hybridized carbons (Fsp3) is 0.500. The minimum atomic E-state index is -0.606. The maximum atomic E-state index is 11.3. The van der Waals surface area contributed by atoms with Gasteiger partial charge >= 0.3 is 6.16 Å². The number of likely N-dealkylation sites (N-methyl/N-ethyl adjacent to an activating group) is 1. The Labute approximate surface area is 145 Å². The van der Waals surface area contributed by atoms with Crippen LogP contribution in [0.15, 0.2) is 18.2 Å². The van der Waals surface area contributed by atoms with Crippen molar-refractivity contribution in [2.24, 2.45) is 5.92 Å². The number of fused-ring (bicyclic) bond motifs is 2. The average Bonchev–Trinajstić information content (AvgIpc) is 2.90. The molecule has 0 bridgehead atoms. The second-order valence-electron chi connectivity index (χ2n) is 6.87. The van der Waals surface area contributed by atoms with E-state index in [-0.39, 0.29) is 0 Å². The molecule has 1 fully saturated rings. The largest absolute Gasteiger partial charge is 0.507 e. The molecule has 2 heterocycles. The van der Waals surface area contributed by atoms with Crippen LogP contribution in [0.1, 0.15) is 23.5 Å². The second kappa shape index (κ2) is 5.97. The molecule has 2 aromatic rings. The monoisotopic (exact) mass is 348 g/mol. The zero-order valence-electron chi connectivity index (χ0n) is 13.8. The first-order chi connectivity index (χ1) is 11.6. The van der Waals surface area contributed by atoms with Gasteiger partial charge in [-0.05, 0) is 37.1 Å². The van der Waals surface area contributed by atoms with Crippen LogP contribution in [0.5, 0.6) is 0 Å². The minimum absolute atomic E-state index is 0.307. The van der Waals surface area contributed by atoms with Crippen molar-refractivity contribution in [1.29, 1.82) is 0 Å². The maximum Gasteiger partial charge on any atom is 0.507 e. The Morgan fingerprint density at radius 1 is 1.46 bits per heavy atom. The van der Waals surface area contributed by atoms with E-state index < -0.39 is 6.16 Å². The number of benzene rings is 1. The molecule has 1 N–H and O–H groups in total. The second-order valence-corrected chi connectivity index (χ2v) is 7.25. The fourth-order valence-electron chi connectivity index (χ4n) is 4.46. The van der Waals surface area contributed by atoms with Crippen LogP contribution in [-0.2, 0) is 15.9 Å². The number of hydrogen-bond acceptors (Lipinski definition) is 4. The number of rotatable bonds is 2. The molecule has 4 rings (SSSR count). The van der Waals surface area contributed by atoms with Crippen LogP contribution >= 0.6 is 11.6 Å². The van der Waals surface area contributed by atoms with Gasteiger partial charge in [-0.1, -0.05) is 23.7 Å². The number of halogens is 1. The van der Waals surface area contributed by atoms with E-state index in [9.17, 15) is 4.79 Å². The zero-order valence-corrected chi connectivity index (χ0v) is 14.6. The summed E-state index contributed by atoms with van der Waals surface area (Å²) < 4.78 is 9.77. The van der Waals surface area contributed by atoms with E-state index in [1.807, 2.05) is 0 Å². The number of carbonyl (C=O) groups excluding carboxylic acids is 1. The van der Waals surface area contributed by atoms with E-state index in [1.54, 1.807) is 0 Å². The third kappa shape index (κ3) is 2.47. The van der Waals surface area contributed by atoms with Crippen molar-refractivity contribution in [3.63, 3.8) is 0 Å². The molecular formula is C18H21ClN2O3. The molecule has 1 saturated heterocycles. The highest BCUT2D eigenvalue weighted by Crippen LogP contribution is 2.46. The third-order valence-corrected chi connectivity index (χ3v) is 5.81. The topological polar surface area (TPSA) is 54.6 Å². The summed E-state index contributed by atoms with van der Waals surface area (Å²) in [5, 5.41) is 2.05. The van der Waals surface area contributed by atoms with Crippen LogP contribution < -0.4 is 0 Å². The van der Waals surface area contributed by atoms with Gasteiger partial charge in [0.1, 0.15) is 5.15 Å². The summed E-state index contributed by atoms with van der Waals surface area (Å²) in [5.74, 6) is 0.736. The number of hydrogen-bond donors (Lipinski definition) is 1. The molecule has 0 saturated carbocycles. The molecule has 2 unspecified atom stereocenters. The van der Waals surface area contributed by atoms with Crippen molar-refractivity contribution in [1.82, 2.24) is 9.88 Å². The van der Waals surface area contributed by atoms with Gasteiger partial charge in [-0.25, -0.2) is 4.79 Å². The summed E-state index contributed by atoms with van der Waals surface area (Å²) in [6.45, 7) is 1.31. The van der Waals surface area contributed by atoms with Crippen molar-refractivity contribution >= 4 is 28.7 Å². The normalized spacial score (nSPS) is 26.2.